The lowest BCUT2D eigenvalue weighted by molar-refractivity contribution is -0.140. The maximum atomic E-state index is 12.7. The molecule has 0 amide bonds. The standard InChI is InChI=1S/C27H36N2O3/c1-19-9-10-22(17-25-21(3)26(30)18-24(19)25)20(2)27(31)32-16-15-28-11-13-29(14-12-28)23-7-5-4-6-8-23/h4-8,19,22,24H,2,9-18H2,1,3H3/t19-,22?,24-/m1/s1. The number of rotatable bonds is 6. The lowest BCUT2D eigenvalue weighted by atomic mass is 9.86. The molecule has 1 saturated carbocycles. The number of carbonyl (C=O) groups excluding carboxylic acids is 2. The molecule has 3 aliphatic rings. The average Bonchev–Trinajstić information content (AvgIpc) is 2.99. The van der Waals surface area contributed by atoms with Crippen LogP contribution in [0.2, 0.25) is 0 Å². The second-order valence-electron chi connectivity index (χ2n) is 9.67. The summed E-state index contributed by atoms with van der Waals surface area (Å²) in [5.41, 5.74) is 4.02. The van der Waals surface area contributed by atoms with E-state index in [4.69, 9.17) is 4.74 Å². The Labute approximate surface area is 192 Å². The van der Waals surface area contributed by atoms with Gasteiger partial charge < -0.3 is 9.64 Å². The summed E-state index contributed by atoms with van der Waals surface area (Å²) in [5, 5.41) is 0. The minimum Gasteiger partial charge on any atom is -0.461 e. The third kappa shape index (κ3) is 4.98. The molecule has 0 N–H and O–H groups in total. The molecular weight excluding hydrogens is 400 g/mol. The number of piperazine rings is 1. The molecule has 0 spiro atoms. The molecule has 5 heteroatoms. The Hall–Kier alpha value is -2.40. The van der Waals surface area contributed by atoms with Gasteiger partial charge in [-0.25, -0.2) is 4.79 Å². The molecule has 32 heavy (non-hydrogen) atoms. The molecule has 1 unspecified atom stereocenters. The van der Waals surface area contributed by atoms with E-state index in [0.717, 1.165) is 57.6 Å². The van der Waals surface area contributed by atoms with E-state index < -0.39 is 0 Å². The predicted octanol–water partition coefficient (Wildman–Crippen LogP) is 4.25. The van der Waals surface area contributed by atoms with Gasteiger partial charge in [0.05, 0.1) is 0 Å². The number of fused-ring (bicyclic) bond motifs is 1. The van der Waals surface area contributed by atoms with Gasteiger partial charge in [-0.1, -0.05) is 37.3 Å². The molecule has 1 aromatic rings. The van der Waals surface area contributed by atoms with E-state index in [1.54, 1.807) is 0 Å². The van der Waals surface area contributed by atoms with E-state index in [0.29, 0.717) is 30.4 Å². The van der Waals surface area contributed by atoms with Crippen LogP contribution >= 0.6 is 0 Å². The van der Waals surface area contributed by atoms with Gasteiger partial charge in [-0.3, -0.25) is 9.69 Å². The zero-order chi connectivity index (χ0) is 22.7. The summed E-state index contributed by atoms with van der Waals surface area (Å²) >= 11 is 0. The van der Waals surface area contributed by atoms with E-state index in [9.17, 15) is 9.59 Å². The molecule has 0 radical (unpaired) electrons. The van der Waals surface area contributed by atoms with Crippen LogP contribution in [0.1, 0.15) is 39.5 Å². The first kappa shape index (κ1) is 22.8. The maximum Gasteiger partial charge on any atom is 0.333 e. The minimum atomic E-state index is -0.272. The maximum absolute atomic E-state index is 12.7. The van der Waals surface area contributed by atoms with Gasteiger partial charge in [-0.15, -0.1) is 0 Å². The summed E-state index contributed by atoms with van der Waals surface area (Å²) in [6.07, 6.45) is 3.39. The van der Waals surface area contributed by atoms with Crippen molar-refractivity contribution in [2.24, 2.45) is 17.8 Å². The number of hydrogen-bond acceptors (Lipinski definition) is 5. The fraction of sp³-hybridized carbons (Fsp3) is 0.556. The lowest BCUT2D eigenvalue weighted by Gasteiger charge is -2.36. The molecule has 1 aliphatic heterocycles. The van der Waals surface area contributed by atoms with Crippen molar-refractivity contribution in [1.82, 2.24) is 4.90 Å². The van der Waals surface area contributed by atoms with Gasteiger partial charge in [-0.2, -0.15) is 0 Å². The van der Waals surface area contributed by atoms with Crippen molar-refractivity contribution in [1.29, 1.82) is 0 Å². The largest absolute Gasteiger partial charge is 0.461 e. The van der Waals surface area contributed by atoms with Gasteiger partial charge in [0.15, 0.2) is 5.78 Å². The molecule has 0 aromatic heterocycles. The number of anilines is 1. The number of allylic oxidation sites excluding steroid dienone is 2. The molecular formula is C27H36N2O3. The monoisotopic (exact) mass is 436 g/mol. The van der Waals surface area contributed by atoms with Gasteiger partial charge in [-0.05, 0) is 61.6 Å². The minimum absolute atomic E-state index is 0.0835. The zero-order valence-electron chi connectivity index (χ0n) is 19.5. The summed E-state index contributed by atoms with van der Waals surface area (Å²) in [7, 11) is 0. The highest BCUT2D eigenvalue weighted by Gasteiger charge is 2.38. The Morgan fingerprint density at radius 3 is 2.53 bits per heavy atom. The molecule has 2 aliphatic carbocycles. The van der Waals surface area contributed by atoms with Crippen LogP contribution in [0.15, 0.2) is 53.6 Å². The van der Waals surface area contributed by atoms with E-state index in [-0.39, 0.29) is 17.7 Å². The molecule has 1 heterocycles. The molecule has 3 atom stereocenters. The number of Topliss-reactive ketones (excluding diaryl/α,β-unsaturated/α-hetero) is 1. The highest BCUT2D eigenvalue weighted by Crippen LogP contribution is 2.45. The second kappa shape index (κ2) is 10.0. The highest BCUT2D eigenvalue weighted by atomic mass is 16.5. The van der Waals surface area contributed by atoms with Crippen LogP contribution in [-0.4, -0.2) is 56.0 Å². The Morgan fingerprint density at radius 2 is 1.81 bits per heavy atom. The summed E-state index contributed by atoms with van der Waals surface area (Å²) < 4.78 is 5.62. The Balaban J connectivity index is 1.23. The number of esters is 1. The molecule has 4 rings (SSSR count). The normalized spacial score (nSPS) is 26.6. The SMILES string of the molecule is C=C(C(=O)OCCN1CCN(c2ccccc2)CC1)C1CC[C@@H](C)[C@H]2CC(=O)C(C)=C2C1. The van der Waals surface area contributed by atoms with Crippen LogP contribution in [0.5, 0.6) is 0 Å². The third-order valence-electron chi connectivity index (χ3n) is 7.77. The number of para-hydroxylation sites is 1. The summed E-state index contributed by atoms with van der Waals surface area (Å²) in [6.45, 7) is 13.4. The van der Waals surface area contributed by atoms with Crippen LogP contribution in [0.4, 0.5) is 5.69 Å². The first-order valence-electron chi connectivity index (χ1n) is 12.0. The number of nitrogens with zero attached hydrogens (tertiary/aromatic N) is 2. The zero-order valence-corrected chi connectivity index (χ0v) is 19.5. The van der Waals surface area contributed by atoms with Gasteiger partial charge in [0, 0.05) is 50.4 Å². The number of carbonyl (C=O) groups is 2. The number of benzene rings is 1. The van der Waals surface area contributed by atoms with Crippen molar-refractivity contribution in [3.05, 3.63) is 53.6 Å². The Kier molecular flexibility index (Phi) is 7.14. The van der Waals surface area contributed by atoms with Gasteiger partial charge in [0.1, 0.15) is 6.61 Å². The molecule has 0 bridgehead atoms. The smallest absolute Gasteiger partial charge is 0.333 e. The van der Waals surface area contributed by atoms with Gasteiger partial charge >= 0.3 is 5.97 Å². The van der Waals surface area contributed by atoms with E-state index in [1.807, 2.05) is 13.0 Å². The molecule has 1 aromatic carbocycles. The van der Waals surface area contributed by atoms with Gasteiger partial charge in [0.25, 0.3) is 0 Å². The van der Waals surface area contributed by atoms with Gasteiger partial charge in [0.2, 0.25) is 0 Å². The first-order valence-corrected chi connectivity index (χ1v) is 12.0. The fourth-order valence-electron chi connectivity index (χ4n) is 5.51. The predicted molar refractivity (Wildman–Crippen MR) is 128 cm³/mol. The number of ether oxygens (including phenoxy) is 1. The Morgan fingerprint density at radius 1 is 1.09 bits per heavy atom. The molecule has 172 valence electrons. The quantitative estimate of drug-likeness (QED) is 0.493. The topological polar surface area (TPSA) is 49.9 Å². The van der Waals surface area contributed by atoms with Crippen molar-refractivity contribution in [2.45, 2.75) is 39.5 Å². The lowest BCUT2D eigenvalue weighted by Crippen LogP contribution is -2.47. The van der Waals surface area contributed by atoms with Crippen molar-refractivity contribution in [3.63, 3.8) is 0 Å². The van der Waals surface area contributed by atoms with Crippen molar-refractivity contribution in [2.75, 3.05) is 44.2 Å². The Bertz CT molecular complexity index is 883. The fourth-order valence-corrected chi connectivity index (χ4v) is 5.51. The average molecular weight is 437 g/mol. The molecule has 1 saturated heterocycles. The van der Waals surface area contributed by atoms with Crippen LogP contribution in [0.3, 0.4) is 0 Å². The summed E-state index contributed by atoms with van der Waals surface area (Å²) in [5.74, 6) is 0.922. The van der Waals surface area contributed by atoms with E-state index in [1.165, 1.54) is 11.3 Å². The second-order valence-corrected chi connectivity index (χ2v) is 9.67. The van der Waals surface area contributed by atoms with Crippen molar-refractivity contribution >= 4 is 17.4 Å². The van der Waals surface area contributed by atoms with Crippen LogP contribution in [0, 0.1) is 17.8 Å². The van der Waals surface area contributed by atoms with Crippen molar-refractivity contribution in [3.8, 4) is 0 Å². The third-order valence-corrected chi connectivity index (χ3v) is 7.77. The summed E-state index contributed by atoms with van der Waals surface area (Å²) in [4.78, 5) is 29.7. The van der Waals surface area contributed by atoms with Crippen LogP contribution < -0.4 is 4.90 Å². The highest BCUT2D eigenvalue weighted by molar-refractivity contribution is 5.98. The van der Waals surface area contributed by atoms with E-state index >= 15 is 0 Å². The van der Waals surface area contributed by atoms with E-state index in [2.05, 4.69) is 47.6 Å². The van der Waals surface area contributed by atoms with Crippen LogP contribution in [0.25, 0.3) is 0 Å². The molecule has 5 nitrogen and oxygen atoms in total. The first-order chi connectivity index (χ1) is 15.4. The molecule has 2 fully saturated rings. The van der Waals surface area contributed by atoms with Crippen molar-refractivity contribution < 1.29 is 14.3 Å². The number of ketones is 1. The van der Waals surface area contributed by atoms with Crippen LogP contribution in [-0.2, 0) is 14.3 Å². The number of hydrogen-bond donors (Lipinski definition) is 0. The summed E-state index contributed by atoms with van der Waals surface area (Å²) in [6, 6.07) is 10.5.